The average Bonchev–Trinajstić information content (AvgIpc) is 3.38. The van der Waals surface area contributed by atoms with Gasteiger partial charge in [-0.1, -0.05) is 30.3 Å². The SMILES string of the molecule is CN1CC2(CCN(CC3CC3)CC2)C[C@@H](c2ccccc2)C1=O. The normalized spacial score (nSPS) is 28.3. The highest BCUT2D eigenvalue weighted by atomic mass is 16.2. The molecule has 1 aliphatic carbocycles. The molecule has 2 saturated heterocycles. The second kappa shape index (κ2) is 5.94. The number of hydrogen-bond donors (Lipinski definition) is 0. The zero-order valence-electron chi connectivity index (χ0n) is 14.2. The summed E-state index contributed by atoms with van der Waals surface area (Å²) in [6, 6.07) is 10.4. The van der Waals surface area contributed by atoms with E-state index in [-0.39, 0.29) is 5.92 Å². The fraction of sp³-hybridized carbons (Fsp3) is 0.650. The van der Waals surface area contributed by atoms with Crippen LogP contribution in [0.4, 0.5) is 0 Å². The Kier molecular flexibility index (Phi) is 3.92. The first-order valence-corrected chi connectivity index (χ1v) is 9.18. The van der Waals surface area contributed by atoms with E-state index in [1.807, 2.05) is 18.0 Å². The summed E-state index contributed by atoms with van der Waals surface area (Å²) in [7, 11) is 2.00. The van der Waals surface area contributed by atoms with E-state index in [4.69, 9.17) is 0 Å². The minimum atomic E-state index is 0.0601. The molecule has 3 heteroatoms. The fourth-order valence-electron chi connectivity index (χ4n) is 4.62. The summed E-state index contributed by atoms with van der Waals surface area (Å²) in [4.78, 5) is 17.3. The van der Waals surface area contributed by atoms with Crippen molar-refractivity contribution >= 4 is 5.91 Å². The molecular weight excluding hydrogens is 284 g/mol. The van der Waals surface area contributed by atoms with Crippen LogP contribution in [0.15, 0.2) is 30.3 Å². The molecule has 1 spiro atoms. The van der Waals surface area contributed by atoms with Crippen molar-refractivity contribution in [2.24, 2.45) is 11.3 Å². The van der Waals surface area contributed by atoms with Gasteiger partial charge in [0.1, 0.15) is 0 Å². The molecule has 0 aromatic heterocycles. The maximum Gasteiger partial charge on any atom is 0.229 e. The van der Waals surface area contributed by atoms with E-state index in [2.05, 4.69) is 29.2 Å². The van der Waals surface area contributed by atoms with E-state index in [1.165, 1.54) is 50.9 Å². The van der Waals surface area contributed by atoms with Gasteiger partial charge in [0.25, 0.3) is 0 Å². The Morgan fingerprint density at radius 3 is 2.48 bits per heavy atom. The molecule has 124 valence electrons. The first-order chi connectivity index (χ1) is 11.2. The van der Waals surface area contributed by atoms with Crippen molar-refractivity contribution in [2.75, 3.05) is 33.2 Å². The molecule has 1 amide bonds. The topological polar surface area (TPSA) is 23.6 Å². The number of likely N-dealkylation sites (N-methyl/N-ethyl adjacent to an activating group) is 1. The van der Waals surface area contributed by atoms with Gasteiger partial charge in [-0.25, -0.2) is 0 Å². The summed E-state index contributed by atoms with van der Waals surface area (Å²) >= 11 is 0. The van der Waals surface area contributed by atoms with Gasteiger partial charge in [-0.2, -0.15) is 0 Å². The lowest BCUT2D eigenvalue weighted by Gasteiger charge is -2.49. The van der Waals surface area contributed by atoms with E-state index in [1.54, 1.807) is 0 Å². The Morgan fingerprint density at radius 1 is 1.13 bits per heavy atom. The van der Waals surface area contributed by atoms with Gasteiger partial charge in [-0.15, -0.1) is 0 Å². The summed E-state index contributed by atoms with van der Waals surface area (Å²) in [5.41, 5.74) is 1.53. The van der Waals surface area contributed by atoms with Crippen LogP contribution in [0.25, 0.3) is 0 Å². The van der Waals surface area contributed by atoms with Crippen molar-refractivity contribution in [1.29, 1.82) is 0 Å². The first-order valence-electron chi connectivity index (χ1n) is 9.18. The quantitative estimate of drug-likeness (QED) is 0.856. The highest BCUT2D eigenvalue weighted by Crippen LogP contribution is 2.45. The summed E-state index contributed by atoms with van der Waals surface area (Å²) in [5, 5.41) is 0. The molecule has 1 saturated carbocycles. The third kappa shape index (κ3) is 3.16. The molecular formula is C20H28N2O. The molecule has 2 aliphatic heterocycles. The smallest absolute Gasteiger partial charge is 0.229 e. The Hall–Kier alpha value is -1.35. The highest BCUT2D eigenvalue weighted by Gasteiger charge is 2.45. The summed E-state index contributed by atoms with van der Waals surface area (Å²) in [6.07, 6.45) is 6.42. The Morgan fingerprint density at radius 2 is 1.83 bits per heavy atom. The molecule has 0 bridgehead atoms. The van der Waals surface area contributed by atoms with Crippen LogP contribution in [-0.2, 0) is 4.79 Å². The molecule has 23 heavy (non-hydrogen) atoms. The van der Waals surface area contributed by atoms with Crippen LogP contribution >= 0.6 is 0 Å². The summed E-state index contributed by atoms with van der Waals surface area (Å²) < 4.78 is 0. The van der Waals surface area contributed by atoms with Crippen molar-refractivity contribution in [3.63, 3.8) is 0 Å². The Labute approximate surface area is 139 Å². The predicted molar refractivity (Wildman–Crippen MR) is 92.3 cm³/mol. The number of nitrogens with zero attached hydrogens (tertiary/aromatic N) is 2. The molecule has 4 rings (SSSR count). The van der Waals surface area contributed by atoms with Crippen LogP contribution in [0.2, 0.25) is 0 Å². The van der Waals surface area contributed by atoms with Crippen LogP contribution in [-0.4, -0.2) is 48.9 Å². The van der Waals surface area contributed by atoms with Gasteiger partial charge in [0.2, 0.25) is 5.91 Å². The molecule has 1 atom stereocenters. The molecule has 0 N–H and O–H groups in total. The molecule has 1 aromatic carbocycles. The lowest BCUT2D eigenvalue weighted by atomic mass is 9.67. The monoisotopic (exact) mass is 312 g/mol. The third-order valence-corrected chi connectivity index (χ3v) is 6.22. The minimum absolute atomic E-state index is 0.0601. The van der Waals surface area contributed by atoms with Gasteiger partial charge in [-0.3, -0.25) is 4.79 Å². The van der Waals surface area contributed by atoms with Crippen molar-refractivity contribution in [1.82, 2.24) is 9.80 Å². The number of rotatable bonds is 3. The molecule has 3 fully saturated rings. The maximum atomic E-state index is 12.7. The highest BCUT2D eigenvalue weighted by molar-refractivity contribution is 5.84. The number of likely N-dealkylation sites (tertiary alicyclic amines) is 2. The number of carbonyl (C=O) groups is 1. The third-order valence-electron chi connectivity index (χ3n) is 6.22. The predicted octanol–water partition coefficient (Wildman–Crippen LogP) is 3.12. The van der Waals surface area contributed by atoms with E-state index in [0.29, 0.717) is 11.3 Å². The van der Waals surface area contributed by atoms with Crippen LogP contribution in [0, 0.1) is 11.3 Å². The van der Waals surface area contributed by atoms with E-state index >= 15 is 0 Å². The average molecular weight is 312 g/mol. The standard InChI is InChI=1S/C20H28N2O/c1-21-15-20(9-11-22(12-10-20)14-16-7-8-16)13-18(19(21)23)17-5-3-2-4-6-17/h2-6,16,18H,7-15H2,1H3/t18-/m0/s1. The lowest BCUT2D eigenvalue weighted by Crippen LogP contribution is -2.52. The van der Waals surface area contributed by atoms with Gasteiger partial charge >= 0.3 is 0 Å². The molecule has 0 radical (unpaired) electrons. The Bertz CT molecular complexity index is 558. The van der Waals surface area contributed by atoms with Gasteiger partial charge in [-0.05, 0) is 62.1 Å². The Balaban J connectivity index is 1.47. The van der Waals surface area contributed by atoms with E-state index < -0.39 is 0 Å². The van der Waals surface area contributed by atoms with Gasteiger partial charge in [0, 0.05) is 20.1 Å². The van der Waals surface area contributed by atoms with Crippen molar-refractivity contribution < 1.29 is 4.79 Å². The molecule has 1 aromatic rings. The first kappa shape index (κ1) is 15.2. The number of hydrogen-bond acceptors (Lipinski definition) is 2. The lowest BCUT2D eigenvalue weighted by molar-refractivity contribution is -0.139. The molecule has 3 nitrogen and oxygen atoms in total. The van der Waals surface area contributed by atoms with E-state index in [9.17, 15) is 4.79 Å². The second-order valence-corrected chi connectivity index (χ2v) is 8.11. The molecule has 2 heterocycles. The van der Waals surface area contributed by atoms with Gasteiger partial charge in [0.15, 0.2) is 0 Å². The van der Waals surface area contributed by atoms with Gasteiger partial charge in [0.05, 0.1) is 5.92 Å². The van der Waals surface area contributed by atoms with Crippen LogP contribution in [0.5, 0.6) is 0 Å². The van der Waals surface area contributed by atoms with E-state index in [0.717, 1.165) is 18.9 Å². The number of piperidine rings is 2. The van der Waals surface area contributed by atoms with Gasteiger partial charge < -0.3 is 9.80 Å². The maximum absolute atomic E-state index is 12.7. The molecule has 0 unspecified atom stereocenters. The number of carbonyl (C=O) groups excluding carboxylic acids is 1. The van der Waals surface area contributed by atoms with Crippen molar-refractivity contribution in [3.05, 3.63) is 35.9 Å². The fourth-order valence-corrected chi connectivity index (χ4v) is 4.62. The zero-order chi connectivity index (χ0) is 15.9. The van der Waals surface area contributed by atoms with Crippen LogP contribution in [0.3, 0.4) is 0 Å². The number of amides is 1. The number of benzene rings is 1. The van der Waals surface area contributed by atoms with Crippen molar-refractivity contribution in [2.45, 2.75) is 38.0 Å². The van der Waals surface area contributed by atoms with Crippen molar-refractivity contribution in [3.8, 4) is 0 Å². The van der Waals surface area contributed by atoms with Crippen LogP contribution in [0.1, 0.15) is 43.6 Å². The summed E-state index contributed by atoms with van der Waals surface area (Å²) in [6.45, 7) is 4.71. The second-order valence-electron chi connectivity index (χ2n) is 8.11. The molecule has 3 aliphatic rings. The summed E-state index contributed by atoms with van der Waals surface area (Å²) in [5.74, 6) is 1.35. The van der Waals surface area contributed by atoms with Crippen LogP contribution < -0.4 is 0 Å². The largest absolute Gasteiger partial charge is 0.345 e. The minimum Gasteiger partial charge on any atom is -0.345 e. The zero-order valence-corrected chi connectivity index (χ0v) is 14.2.